The Morgan fingerprint density at radius 3 is 2.25 bits per heavy atom. The summed E-state index contributed by atoms with van der Waals surface area (Å²) in [5, 5.41) is 8.89. The molecule has 0 heterocycles. The molecule has 0 saturated carbocycles. The van der Waals surface area contributed by atoms with Crippen molar-refractivity contribution >= 4 is 11.9 Å². The first-order chi connectivity index (χ1) is 9.17. The number of ether oxygens (including phenoxy) is 1. The fourth-order valence-electron chi connectivity index (χ4n) is 1.74. The summed E-state index contributed by atoms with van der Waals surface area (Å²) in [6.07, 6.45) is -0.103. The summed E-state index contributed by atoms with van der Waals surface area (Å²) in [7, 11) is 0. The van der Waals surface area contributed by atoms with Gasteiger partial charge in [-0.25, -0.2) is 4.39 Å². The van der Waals surface area contributed by atoms with Gasteiger partial charge in [0.2, 0.25) is 0 Å². The predicted octanol–water partition coefficient (Wildman–Crippen LogP) is 2.80. The van der Waals surface area contributed by atoms with Crippen molar-refractivity contribution in [2.45, 2.75) is 39.2 Å². The monoisotopic (exact) mass is 282 g/mol. The molecule has 1 atom stereocenters. The van der Waals surface area contributed by atoms with Gasteiger partial charge < -0.3 is 9.84 Å². The van der Waals surface area contributed by atoms with E-state index in [-0.39, 0.29) is 18.7 Å². The summed E-state index contributed by atoms with van der Waals surface area (Å²) in [5.74, 6) is -2.77. The number of carbonyl (C=O) groups is 2. The SMILES string of the molecule is CC(C)(C)OC(=O)[C@@H](CC(=O)O)Cc1ccc(F)cc1. The van der Waals surface area contributed by atoms with Gasteiger partial charge in [-0.2, -0.15) is 0 Å². The molecule has 0 aliphatic rings. The van der Waals surface area contributed by atoms with Crippen molar-refractivity contribution in [2.75, 3.05) is 0 Å². The lowest BCUT2D eigenvalue weighted by molar-refractivity contribution is -0.162. The normalized spacial score (nSPS) is 12.8. The van der Waals surface area contributed by atoms with Gasteiger partial charge in [0.05, 0.1) is 12.3 Å². The third-order valence-corrected chi connectivity index (χ3v) is 2.56. The van der Waals surface area contributed by atoms with E-state index in [1.165, 1.54) is 24.3 Å². The van der Waals surface area contributed by atoms with Crippen LogP contribution in [0.2, 0.25) is 0 Å². The van der Waals surface area contributed by atoms with E-state index in [0.29, 0.717) is 5.56 Å². The molecular formula is C15H19FO4. The quantitative estimate of drug-likeness (QED) is 0.843. The molecule has 0 fully saturated rings. The third kappa shape index (κ3) is 5.82. The largest absolute Gasteiger partial charge is 0.481 e. The highest BCUT2D eigenvalue weighted by atomic mass is 19.1. The van der Waals surface area contributed by atoms with Crippen LogP contribution in [0.5, 0.6) is 0 Å². The standard InChI is InChI=1S/C15H19FO4/c1-15(2,3)20-14(19)11(9-13(17)18)8-10-4-6-12(16)7-5-10/h4-7,11H,8-9H2,1-3H3,(H,17,18)/t11-/m1/s1. The van der Waals surface area contributed by atoms with E-state index in [1.54, 1.807) is 20.8 Å². The highest BCUT2D eigenvalue weighted by molar-refractivity contribution is 5.79. The van der Waals surface area contributed by atoms with Crippen molar-refractivity contribution in [3.05, 3.63) is 35.6 Å². The molecular weight excluding hydrogens is 263 g/mol. The number of halogens is 1. The van der Waals surface area contributed by atoms with Crippen LogP contribution < -0.4 is 0 Å². The Hall–Kier alpha value is -1.91. The summed E-state index contributed by atoms with van der Waals surface area (Å²) in [6, 6.07) is 5.63. The fourth-order valence-corrected chi connectivity index (χ4v) is 1.74. The lowest BCUT2D eigenvalue weighted by Gasteiger charge is -2.23. The second-order valence-corrected chi connectivity index (χ2v) is 5.66. The van der Waals surface area contributed by atoms with Gasteiger partial charge in [0.25, 0.3) is 0 Å². The van der Waals surface area contributed by atoms with Crippen LogP contribution in [0.4, 0.5) is 4.39 Å². The third-order valence-electron chi connectivity index (χ3n) is 2.56. The van der Waals surface area contributed by atoms with Gasteiger partial charge >= 0.3 is 11.9 Å². The molecule has 1 rings (SSSR count). The number of carbonyl (C=O) groups excluding carboxylic acids is 1. The van der Waals surface area contributed by atoms with Crippen molar-refractivity contribution in [3.8, 4) is 0 Å². The van der Waals surface area contributed by atoms with E-state index in [2.05, 4.69) is 0 Å². The molecule has 0 spiro atoms. The first-order valence-corrected chi connectivity index (χ1v) is 6.36. The minimum atomic E-state index is -1.07. The number of aliphatic carboxylic acids is 1. The summed E-state index contributed by atoms with van der Waals surface area (Å²) in [5.41, 5.74) is 0.0277. The highest BCUT2D eigenvalue weighted by Gasteiger charge is 2.27. The zero-order valence-corrected chi connectivity index (χ0v) is 11.9. The van der Waals surface area contributed by atoms with Crippen molar-refractivity contribution in [2.24, 2.45) is 5.92 Å². The Balaban J connectivity index is 2.81. The Morgan fingerprint density at radius 1 is 1.25 bits per heavy atom. The van der Waals surface area contributed by atoms with Crippen LogP contribution in [-0.4, -0.2) is 22.6 Å². The minimum absolute atomic E-state index is 0.210. The van der Waals surface area contributed by atoms with Crippen LogP contribution in [0.3, 0.4) is 0 Å². The average Bonchev–Trinajstić information content (AvgIpc) is 2.28. The number of hydrogen-bond donors (Lipinski definition) is 1. The zero-order valence-electron chi connectivity index (χ0n) is 11.9. The maximum atomic E-state index is 12.8. The number of esters is 1. The van der Waals surface area contributed by atoms with Gasteiger partial charge in [-0.05, 0) is 44.9 Å². The molecule has 0 amide bonds. The Kier molecular flexibility index (Phi) is 5.25. The van der Waals surface area contributed by atoms with Crippen LogP contribution in [-0.2, 0) is 20.7 Å². The van der Waals surface area contributed by atoms with E-state index in [9.17, 15) is 14.0 Å². The Labute approximate surface area is 117 Å². The first-order valence-electron chi connectivity index (χ1n) is 6.36. The summed E-state index contributed by atoms with van der Waals surface area (Å²) >= 11 is 0. The van der Waals surface area contributed by atoms with E-state index in [0.717, 1.165) is 0 Å². The molecule has 1 N–H and O–H groups in total. The molecule has 0 radical (unpaired) electrons. The van der Waals surface area contributed by atoms with Crippen molar-refractivity contribution in [1.82, 2.24) is 0 Å². The molecule has 20 heavy (non-hydrogen) atoms. The highest BCUT2D eigenvalue weighted by Crippen LogP contribution is 2.18. The molecule has 0 unspecified atom stereocenters. The summed E-state index contributed by atoms with van der Waals surface area (Å²) in [4.78, 5) is 22.9. The second kappa shape index (κ2) is 6.50. The van der Waals surface area contributed by atoms with Gasteiger partial charge in [-0.3, -0.25) is 9.59 Å². The number of rotatable bonds is 5. The van der Waals surface area contributed by atoms with E-state index < -0.39 is 23.5 Å². The molecule has 5 heteroatoms. The van der Waals surface area contributed by atoms with Gasteiger partial charge in [0, 0.05) is 0 Å². The Bertz CT molecular complexity index is 474. The number of hydrogen-bond acceptors (Lipinski definition) is 3. The topological polar surface area (TPSA) is 63.6 Å². The maximum Gasteiger partial charge on any atom is 0.310 e. The van der Waals surface area contributed by atoms with Crippen molar-refractivity contribution < 1.29 is 23.8 Å². The number of carboxylic acids is 1. The molecule has 0 aliphatic heterocycles. The van der Waals surface area contributed by atoms with Gasteiger partial charge in [0.15, 0.2) is 0 Å². The lowest BCUT2D eigenvalue weighted by Crippen LogP contribution is -2.31. The van der Waals surface area contributed by atoms with Gasteiger partial charge in [0.1, 0.15) is 11.4 Å². The molecule has 0 bridgehead atoms. The molecule has 110 valence electrons. The summed E-state index contributed by atoms with van der Waals surface area (Å²) < 4.78 is 18.0. The Morgan fingerprint density at radius 2 is 1.80 bits per heavy atom. The smallest absolute Gasteiger partial charge is 0.310 e. The molecule has 0 aliphatic carbocycles. The molecule has 1 aromatic carbocycles. The molecule has 0 aromatic heterocycles. The van der Waals surface area contributed by atoms with E-state index in [1.807, 2.05) is 0 Å². The van der Waals surface area contributed by atoms with Gasteiger partial charge in [-0.15, -0.1) is 0 Å². The molecule has 1 aromatic rings. The van der Waals surface area contributed by atoms with Crippen LogP contribution in [0.25, 0.3) is 0 Å². The summed E-state index contributed by atoms with van der Waals surface area (Å²) in [6.45, 7) is 5.17. The average molecular weight is 282 g/mol. The number of benzene rings is 1. The fraction of sp³-hybridized carbons (Fsp3) is 0.467. The predicted molar refractivity (Wildman–Crippen MR) is 71.7 cm³/mol. The zero-order chi connectivity index (χ0) is 15.3. The van der Waals surface area contributed by atoms with Crippen molar-refractivity contribution in [3.63, 3.8) is 0 Å². The van der Waals surface area contributed by atoms with Gasteiger partial charge in [-0.1, -0.05) is 12.1 Å². The van der Waals surface area contributed by atoms with Crippen LogP contribution in [0.1, 0.15) is 32.8 Å². The second-order valence-electron chi connectivity index (χ2n) is 5.66. The molecule has 0 saturated heterocycles. The van der Waals surface area contributed by atoms with Crippen LogP contribution in [0.15, 0.2) is 24.3 Å². The lowest BCUT2D eigenvalue weighted by atomic mass is 9.96. The maximum absolute atomic E-state index is 12.8. The first kappa shape index (κ1) is 16.1. The van der Waals surface area contributed by atoms with Crippen molar-refractivity contribution in [1.29, 1.82) is 0 Å². The van der Waals surface area contributed by atoms with E-state index in [4.69, 9.17) is 9.84 Å². The minimum Gasteiger partial charge on any atom is -0.481 e. The molecule has 4 nitrogen and oxygen atoms in total. The number of carboxylic acid groups (broad SMARTS) is 1. The van der Waals surface area contributed by atoms with E-state index >= 15 is 0 Å². The van der Waals surface area contributed by atoms with Crippen LogP contribution >= 0.6 is 0 Å². The van der Waals surface area contributed by atoms with Crippen LogP contribution in [0, 0.1) is 11.7 Å².